The molecule has 0 aliphatic carbocycles. The molecule has 5 rings (SSSR count). The Balaban J connectivity index is 1.16. The normalized spacial score (nSPS) is 21.1. The molecule has 0 amide bonds. The minimum absolute atomic E-state index is 0.346. The van der Waals surface area contributed by atoms with Crippen LogP contribution in [0.2, 0.25) is 0 Å². The number of hydrogen-bond acceptors (Lipinski definition) is 8. The van der Waals surface area contributed by atoms with Gasteiger partial charge in [-0.2, -0.15) is 0 Å². The summed E-state index contributed by atoms with van der Waals surface area (Å²) >= 11 is 0. The highest BCUT2D eigenvalue weighted by Gasteiger charge is 2.21. The van der Waals surface area contributed by atoms with Crippen molar-refractivity contribution in [2.24, 2.45) is 0 Å². The van der Waals surface area contributed by atoms with Crippen molar-refractivity contribution in [1.82, 2.24) is 29.6 Å². The van der Waals surface area contributed by atoms with Crippen molar-refractivity contribution in [3.8, 4) is 22.3 Å². The molecule has 2 aromatic heterocycles. The molecule has 1 aromatic carbocycles. The Labute approximate surface area is 202 Å². The third kappa shape index (κ3) is 5.37. The van der Waals surface area contributed by atoms with Gasteiger partial charge in [-0.05, 0) is 56.9 Å². The molecule has 2 aliphatic rings. The quantitative estimate of drug-likeness (QED) is 0.503. The van der Waals surface area contributed by atoms with Crippen LogP contribution in [-0.4, -0.2) is 82.9 Å². The van der Waals surface area contributed by atoms with Crippen molar-refractivity contribution < 1.29 is 0 Å². The summed E-state index contributed by atoms with van der Waals surface area (Å²) < 4.78 is 0. The fourth-order valence-corrected chi connectivity index (χ4v) is 4.72. The lowest BCUT2D eigenvalue weighted by molar-refractivity contribution is 0.322. The SMILES string of the molecule is [B]N1CCC[C@H]1CNc1ncc(-c2ccc(-c3cnc(NC[C@@H]4CCCN4C)nc3)cc2)cn1. The number of aromatic nitrogens is 4. The largest absolute Gasteiger partial charge is 0.353 e. The molecule has 2 atom stereocenters. The first-order valence-corrected chi connectivity index (χ1v) is 12.1. The number of likely N-dealkylation sites (tertiary alicyclic amines) is 1. The van der Waals surface area contributed by atoms with Gasteiger partial charge in [-0.3, -0.25) is 0 Å². The topological polar surface area (TPSA) is 82.1 Å². The molecule has 174 valence electrons. The lowest BCUT2D eigenvalue weighted by Crippen LogP contribution is -2.33. The van der Waals surface area contributed by atoms with E-state index in [9.17, 15) is 0 Å². The maximum Gasteiger partial charge on any atom is 0.222 e. The predicted molar refractivity (Wildman–Crippen MR) is 137 cm³/mol. The Morgan fingerprint density at radius 3 is 1.65 bits per heavy atom. The summed E-state index contributed by atoms with van der Waals surface area (Å²) in [6.07, 6.45) is 12.2. The van der Waals surface area contributed by atoms with Gasteiger partial charge in [0.1, 0.15) is 0 Å². The van der Waals surface area contributed by atoms with Gasteiger partial charge in [-0.25, -0.2) is 19.9 Å². The number of anilines is 2. The number of nitrogens with one attached hydrogen (secondary N) is 2. The molecule has 2 fully saturated rings. The second-order valence-electron chi connectivity index (χ2n) is 9.24. The number of benzene rings is 1. The molecule has 34 heavy (non-hydrogen) atoms. The third-order valence-electron chi connectivity index (χ3n) is 6.94. The van der Waals surface area contributed by atoms with Crippen LogP contribution >= 0.6 is 0 Å². The Kier molecular flexibility index (Phi) is 7.01. The number of rotatable bonds is 8. The van der Waals surface area contributed by atoms with E-state index in [1.807, 2.05) is 29.6 Å². The number of hydrogen-bond donors (Lipinski definition) is 2. The van der Waals surface area contributed by atoms with Crippen LogP contribution in [0.3, 0.4) is 0 Å². The first kappa shape index (κ1) is 22.7. The van der Waals surface area contributed by atoms with Crippen LogP contribution in [0.15, 0.2) is 49.1 Å². The van der Waals surface area contributed by atoms with E-state index in [4.69, 9.17) is 7.98 Å². The minimum Gasteiger partial charge on any atom is -0.353 e. The van der Waals surface area contributed by atoms with Gasteiger partial charge in [0.2, 0.25) is 11.9 Å². The van der Waals surface area contributed by atoms with Gasteiger partial charge in [-0.1, -0.05) is 24.3 Å². The lowest BCUT2D eigenvalue weighted by Gasteiger charge is -2.20. The van der Waals surface area contributed by atoms with Crippen LogP contribution in [-0.2, 0) is 0 Å². The van der Waals surface area contributed by atoms with Gasteiger partial charge in [0.25, 0.3) is 0 Å². The molecule has 9 heteroatoms. The third-order valence-corrected chi connectivity index (χ3v) is 6.94. The Morgan fingerprint density at radius 2 is 1.21 bits per heavy atom. The van der Waals surface area contributed by atoms with Crippen molar-refractivity contribution >= 4 is 19.9 Å². The summed E-state index contributed by atoms with van der Waals surface area (Å²) in [6.45, 7) is 3.77. The molecule has 2 saturated heterocycles. The van der Waals surface area contributed by atoms with Gasteiger partial charge in [0, 0.05) is 61.1 Å². The van der Waals surface area contributed by atoms with Crippen LogP contribution in [0.1, 0.15) is 25.7 Å². The van der Waals surface area contributed by atoms with Gasteiger partial charge >= 0.3 is 0 Å². The van der Waals surface area contributed by atoms with Crippen molar-refractivity contribution in [3.05, 3.63) is 49.1 Å². The van der Waals surface area contributed by atoms with Crippen molar-refractivity contribution in [2.75, 3.05) is 43.9 Å². The van der Waals surface area contributed by atoms with E-state index in [0.29, 0.717) is 24.0 Å². The smallest absolute Gasteiger partial charge is 0.222 e. The molecule has 8 nitrogen and oxygen atoms in total. The molecular formula is C25H31BN8. The molecule has 0 bridgehead atoms. The van der Waals surface area contributed by atoms with E-state index >= 15 is 0 Å². The fraction of sp³-hybridized carbons (Fsp3) is 0.440. The number of nitrogens with zero attached hydrogens (tertiary/aromatic N) is 6. The molecule has 0 unspecified atom stereocenters. The van der Waals surface area contributed by atoms with E-state index in [1.54, 1.807) is 0 Å². The van der Waals surface area contributed by atoms with E-state index in [0.717, 1.165) is 54.7 Å². The zero-order valence-corrected chi connectivity index (χ0v) is 19.7. The maximum absolute atomic E-state index is 5.99. The van der Waals surface area contributed by atoms with Crippen LogP contribution in [0, 0.1) is 0 Å². The van der Waals surface area contributed by atoms with Gasteiger partial charge in [-0.15, -0.1) is 0 Å². The van der Waals surface area contributed by atoms with Crippen molar-refractivity contribution in [1.29, 1.82) is 0 Å². The summed E-state index contributed by atoms with van der Waals surface area (Å²) in [7, 11) is 8.16. The van der Waals surface area contributed by atoms with E-state index in [1.165, 1.54) is 19.4 Å². The first-order chi connectivity index (χ1) is 16.7. The average molecular weight is 454 g/mol. The molecule has 2 N–H and O–H groups in total. The molecule has 2 aliphatic heterocycles. The lowest BCUT2D eigenvalue weighted by atomic mass is 10.0. The maximum atomic E-state index is 5.99. The summed E-state index contributed by atoms with van der Waals surface area (Å²) in [4.78, 5) is 22.2. The average Bonchev–Trinajstić information content (AvgIpc) is 3.49. The van der Waals surface area contributed by atoms with E-state index in [-0.39, 0.29) is 0 Å². The highest BCUT2D eigenvalue weighted by atomic mass is 15.2. The van der Waals surface area contributed by atoms with Crippen molar-refractivity contribution in [3.63, 3.8) is 0 Å². The van der Waals surface area contributed by atoms with E-state index in [2.05, 4.69) is 66.8 Å². The molecule has 2 radical (unpaired) electrons. The van der Waals surface area contributed by atoms with Crippen LogP contribution in [0.5, 0.6) is 0 Å². The first-order valence-electron chi connectivity index (χ1n) is 12.1. The Morgan fingerprint density at radius 1 is 0.735 bits per heavy atom. The molecule has 0 spiro atoms. The second-order valence-corrected chi connectivity index (χ2v) is 9.24. The fourth-order valence-electron chi connectivity index (χ4n) is 4.72. The summed E-state index contributed by atoms with van der Waals surface area (Å²) in [5.74, 6) is 1.31. The summed E-state index contributed by atoms with van der Waals surface area (Å²) in [5.41, 5.74) is 4.12. The summed E-state index contributed by atoms with van der Waals surface area (Å²) in [5, 5.41) is 6.66. The van der Waals surface area contributed by atoms with Gasteiger partial charge < -0.3 is 20.3 Å². The van der Waals surface area contributed by atoms with Crippen LogP contribution in [0.25, 0.3) is 22.3 Å². The molecule has 4 heterocycles. The highest BCUT2D eigenvalue weighted by Crippen LogP contribution is 2.24. The minimum atomic E-state index is 0.346. The standard InChI is InChI=1S/C25H31BN8/c1-33-10-2-4-22(33)16-31-24-27-12-20(13-28-24)18-6-8-19(9-7-18)21-14-29-25(30-15-21)32-17-23-5-3-11-34(23)26/h6-9,12-15,22-23H,2-5,10-11,16-17H2,1H3,(H,27,28,31)(H,29,30,32)/t22-,23-/m0/s1. The second kappa shape index (κ2) is 10.5. The zero-order valence-electron chi connectivity index (χ0n) is 19.7. The van der Waals surface area contributed by atoms with Gasteiger partial charge in [0.15, 0.2) is 7.98 Å². The van der Waals surface area contributed by atoms with Crippen molar-refractivity contribution in [2.45, 2.75) is 37.8 Å². The summed E-state index contributed by atoms with van der Waals surface area (Å²) in [6, 6.07) is 9.22. The monoisotopic (exact) mass is 454 g/mol. The Bertz CT molecular complexity index is 971. The molecular weight excluding hydrogens is 423 g/mol. The molecule has 0 saturated carbocycles. The zero-order chi connectivity index (χ0) is 23.3. The predicted octanol–water partition coefficient (Wildman–Crippen LogP) is 3.07. The highest BCUT2D eigenvalue weighted by molar-refractivity contribution is 6.04. The Hall–Kier alpha value is -3.04. The van der Waals surface area contributed by atoms with Crippen LogP contribution < -0.4 is 10.6 Å². The van der Waals surface area contributed by atoms with Crippen LogP contribution in [0.4, 0.5) is 11.9 Å². The van der Waals surface area contributed by atoms with E-state index < -0.39 is 0 Å². The molecule has 3 aromatic rings. The van der Waals surface area contributed by atoms with Gasteiger partial charge in [0.05, 0.1) is 0 Å². The number of likely N-dealkylation sites (N-methyl/N-ethyl adjacent to an activating group) is 1.